The van der Waals surface area contributed by atoms with Gasteiger partial charge in [0.1, 0.15) is 18.5 Å². The number of aliphatic hydroxyl groups excluding tert-OH is 1. The van der Waals surface area contributed by atoms with Crippen LogP contribution in [0.5, 0.6) is 5.75 Å². The van der Waals surface area contributed by atoms with Crippen LogP contribution in [0.2, 0.25) is 5.02 Å². The Bertz CT molecular complexity index is 769. The molecular formula is C17H14BrClF3NO3. The fraction of sp³-hybridized carbons (Fsp3) is 0.235. The van der Waals surface area contributed by atoms with E-state index in [0.717, 1.165) is 24.3 Å². The summed E-state index contributed by atoms with van der Waals surface area (Å²) in [5.74, 6) is -0.289. The second-order valence-corrected chi connectivity index (χ2v) is 6.64. The van der Waals surface area contributed by atoms with Crippen LogP contribution in [0.4, 0.5) is 13.2 Å². The topological polar surface area (TPSA) is 58.6 Å². The fourth-order valence-electron chi connectivity index (χ4n) is 1.97. The molecule has 1 unspecified atom stereocenters. The molecule has 2 aromatic rings. The molecule has 4 nitrogen and oxygen atoms in total. The summed E-state index contributed by atoms with van der Waals surface area (Å²) in [5.41, 5.74) is -0.541. The first kappa shape index (κ1) is 20.5. The maximum absolute atomic E-state index is 12.5. The van der Waals surface area contributed by atoms with Gasteiger partial charge in [0, 0.05) is 11.0 Å². The minimum atomic E-state index is -4.42. The highest BCUT2D eigenvalue weighted by molar-refractivity contribution is 9.10. The number of carbonyl (C=O) groups excluding carboxylic acids is 1. The second kappa shape index (κ2) is 8.75. The number of aliphatic hydroxyl groups is 1. The van der Waals surface area contributed by atoms with Crippen LogP contribution < -0.4 is 10.1 Å². The van der Waals surface area contributed by atoms with Crippen molar-refractivity contribution in [2.24, 2.45) is 0 Å². The van der Waals surface area contributed by atoms with Crippen molar-refractivity contribution in [1.29, 1.82) is 0 Å². The third-order valence-corrected chi connectivity index (χ3v) is 4.12. The van der Waals surface area contributed by atoms with E-state index in [1.165, 1.54) is 0 Å². The van der Waals surface area contributed by atoms with Gasteiger partial charge in [-0.2, -0.15) is 13.2 Å². The Morgan fingerprint density at radius 2 is 1.88 bits per heavy atom. The molecule has 0 aliphatic rings. The summed E-state index contributed by atoms with van der Waals surface area (Å²) in [6.07, 6.45) is -5.47. The molecule has 140 valence electrons. The monoisotopic (exact) mass is 451 g/mol. The number of ether oxygens (including phenoxy) is 1. The Kier molecular flexibility index (Phi) is 6.91. The van der Waals surface area contributed by atoms with Gasteiger partial charge in [0.15, 0.2) is 0 Å². The standard InChI is InChI=1S/C17H14BrClF3NO3/c18-11-3-6-15(19)14(7-11)16(25)23-8-12(24)9-26-13-4-1-10(2-5-13)17(20,21)22/h1-7,12,24H,8-9H2,(H,23,25). The molecule has 9 heteroatoms. The molecule has 1 amide bonds. The van der Waals surface area contributed by atoms with Crippen molar-refractivity contribution in [2.45, 2.75) is 12.3 Å². The number of benzene rings is 2. The Labute approximate surface area is 161 Å². The summed E-state index contributed by atoms with van der Waals surface area (Å²) >= 11 is 9.18. The van der Waals surface area contributed by atoms with Crippen molar-refractivity contribution in [3.8, 4) is 5.75 Å². The van der Waals surface area contributed by atoms with E-state index in [4.69, 9.17) is 16.3 Å². The molecule has 0 aromatic heterocycles. The molecule has 2 aromatic carbocycles. The van der Waals surface area contributed by atoms with E-state index in [1.807, 2.05) is 0 Å². The van der Waals surface area contributed by atoms with Gasteiger partial charge in [-0.3, -0.25) is 4.79 Å². The van der Waals surface area contributed by atoms with Gasteiger partial charge in [-0.25, -0.2) is 0 Å². The molecule has 2 rings (SSSR count). The van der Waals surface area contributed by atoms with Crippen molar-refractivity contribution in [3.63, 3.8) is 0 Å². The van der Waals surface area contributed by atoms with E-state index >= 15 is 0 Å². The van der Waals surface area contributed by atoms with Gasteiger partial charge in [0.2, 0.25) is 0 Å². The summed E-state index contributed by atoms with van der Waals surface area (Å²) in [6, 6.07) is 8.89. The van der Waals surface area contributed by atoms with E-state index in [9.17, 15) is 23.1 Å². The van der Waals surface area contributed by atoms with Crippen molar-refractivity contribution in [1.82, 2.24) is 5.32 Å². The average Bonchev–Trinajstić information content (AvgIpc) is 2.59. The molecule has 0 radical (unpaired) electrons. The quantitative estimate of drug-likeness (QED) is 0.687. The Morgan fingerprint density at radius 3 is 2.50 bits per heavy atom. The predicted octanol–water partition coefficient (Wildman–Crippen LogP) is 4.29. The molecule has 0 saturated heterocycles. The van der Waals surface area contributed by atoms with E-state index in [2.05, 4.69) is 21.2 Å². The highest BCUT2D eigenvalue weighted by Gasteiger charge is 2.30. The molecule has 0 spiro atoms. The highest BCUT2D eigenvalue weighted by Crippen LogP contribution is 2.30. The molecule has 0 bridgehead atoms. The van der Waals surface area contributed by atoms with Gasteiger partial charge in [0.25, 0.3) is 5.91 Å². The van der Waals surface area contributed by atoms with Crippen LogP contribution in [0.25, 0.3) is 0 Å². The van der Waals surface area contributed by atoms with Crippen LogP contribution in [0.15, 0.2) is 46.9 Å². The zero-order chi connectivity index (χ0) is 19.3. The van der Waals surface area contributed by atoms with Gasteiger partial charge in [-0.1, -0.05) is 27.5 Å². The van der Waals surface area contributed by atoms with E-state index < -0.39 is 23.8 Å². The van der Waals surface area contributed by atoms with Gasteiger partial charge < -0.3 is 15.2 Å². The summed E-state index contributed by atoms with van der Waals surface area (Å²) in [7, 11) is 0. The first-order chi connectivity index (χ1) is 12.2. The lowest BCUT2D eigenvalue weighted by molar-refractivity contribution is -0.137. The predicted molar refractivity (Wildman–Crippen MR) is 94.4 cm³/mol. The highest BCUT2D eigenvalue weighted by atomic mass is 79.9. The van der Waals surface area contributed by atoms with Crippen molar-refractivity contribution in [2.75, 3.05) is 13.2 Å². The summed E-state index contributed by atoms with van der Waals surface area (Å²) in [4.78, 5) is 12.1. The summed E-state index contributed by atoms with van der Waals surface area (Å²) < 4.78 is 43.3. The lowest BCUT2D eigenvalue weighted by atomic mass is 10.2. The fourth-order valence-corrected chi connectivity index (χ4v) is 2.53. The van der Waals surface area contributed by atoms with E-state index in [-0.39, 0.29) is 29.5 Å². The number of rotatable bonds is 6. The van der Waals surface area contributed by atoms with Crippen LogP contribution in [0.1, 0.15) is 15.9 Å². The number of alkyl halides is 3. The SMILES string of the molecule is O=C(NCC(O)COc1ccc(C(F)(F)F)cc1)c1cc(Br)ccc1Cl. The molecule has 0 fully saturated rings. The molecule has 0 saturated carbocycles. The van der Waals surface area contributed by atoms with E-state index in [1.54, 1.807) is 18.2 Å². The Hall–Kier alpha value is -1.77. The van der Waals surface area contributed by atoms with Gasteiger partial charge in [-0.05, 0) is 42.5 Å². The number of amides is 1. The summed E-state index contributed by atoms with van der Waals surface area (Å²) in [5, 5.41) is 12.6. The lowest BCUT2D eigenvalue weighted by Gasteiger charge is -2.14. The van der Waals surface area contributed by atoms with Crippen molar-refractivity contribution >= 4 is 33.4 Å². The van der Waals surface area contributed by atoms with E-state index in [0.29, 0.717) is 4.47 Å². The number of nitrogens with one attached hydrogen (secondary N) is 1. The van der Waals surface area contributed by atoms with Gasteiger partial charge in [-0.15, -0.1) is 0 Å². The first-order valence-corrected chi connectivity index (χ1v) is 8.55. The van der Waals surface area contributed by atoms with Crippen LogP contribution in [-0.4, -0.2) is 30.3 Å². The zero-order valence-corrected chi connectivity index (χ0v) is 15.5. The number of halogens is 5. The molecule has 2 N–H and O–H groups in total. The second-order valence-electron chi connectivity index (χ2n) is 5.32. The summed E-state index contributed by atoms with van der Waals surface area (Å²) in [6.45, 7) is -0.305. The smallest absolute Gasteiger partial charge is 0.416 e. The average molecular weight is 453 g/mol. The largest absolute Gasteiger partial charge is 0.491 e. The maximum Gasteiger partial charge on any atom is 0.416 e. The van der Waals surface area contributed by atoms with Crippen LogP contribution in [0, 0.1) is 0 Å². The third kappa shape index (κ3) is 5.89. The molecular weight excluding hydrogens is 439 g/mol. The molecule has 26 heavy (non-hydrogen) atoms. The minimum absolute atomic E-state index is 0.109. The molecule has 1 atom stereocenters. The third-order valence-electron chi connectivity index (χ3n) is 3.30. The number of hydrogen-bond donors (Lipinski definition) is 2. The Morgan fingerprint density at radius 1 is 1.23 bits per heavy atom. The van der Waals surface area contributed by atoms with Crippen LogP contribution in [0.3, 0.4) is 0 Å². The molecule has 0 aliphatic carbocycles. The Balaban J connectivity index is 1.82. The maximum atomic E-state index is 12.5. The van der Waals surface area contributed by atoms with Gasteiger partial charge >= 0.3 is 6.18 Å². The zero-order valence-electron chi connectivity index (χ0n) is 13.2. The number of carbonyl (C=O) groups is 1. The van der Waals surface area contributed by atoms with Crippen LogP contribution >= 0.6 is 27.5 Å². The molecule has 0 heterocycles. The van der Waals surface area contributed by atoms with Gasteiger partial charge in [0.05, 0.1) is 16.1 Å². The molecule has 0 aliphatic heterocycles. The number of hydrogen-bond acceptors (Lipinski definition) is 3. The van der Waals surface area contributed by atoms with Crippen molar-refractivity contribution in [3.05, 3.63) is 63.1 Å². The first-order valence-electron chi connectivity index (χ1n) is 7.38. The minimum Gasteiger partial charge on any atom is -0.491 e. The van der Waals surface area contributed by atoms with Crippen molar-refractivity contribution < 1.29 is 27.8 Å². The normalized spacial score (nSPS) is 12.5. The lowest BCUT2D eigenvalue weighted by Crippen LogP contribution is -2.35. The van der Waals surface area contributed by atoms with Crippen LogP contribution in [-0.2, 0) is 6.18 Å².